The summed E-state index contributed by atoms with van der Waals surface area (Å²) in [5.74, 6) is 2.68. The number of rotatable bonds is 3. The number of aromatic nitrogens is 2. The van der Waals surface area contributed by atoms with Crippen LogP contribution in [0.15, 0.2) is 6.07 Å². The molecule has 1 fully saturated rings. The Bertz CT molecular complexity index is 599. The van der Waals surface area contributed by atoms with Crippen LogP contribution in [-0.4, -0.2) is 30.1 Å². The van der Waals surface area contributed by atoms with Crippen molar-refractivity contribution in [2.45, 2.75) is 33.1 Å². The van der Waals surface area contributed by atoms with Crippen molar-refractivity contribution < 1.29 is 0 Å². The predicted molar refractivity (Wildman–Crippen MR) is 87.0 cm³/mol. The first-order valence-corrected chi connectivity index (χ1v) is 8.26. The van der Waals surface area contributed by atoms with E-state index in [1.54, 1.807) is 11.3 Å². The third kappa shape index (κ3) is 2.46. The van der Waals surface area contributed by atoms with Gasteiger partial charge in [-0.05, 0) is 31.2 Å². The van der Waals surface area contributed by atoms with E-state index < -0.39 is 0 Å². The van der Waals surface area contributed by atoms with Crippen molar-refractivity contribution >= 4 is 33.3 Å². The molecule has 4 nitrogen and oxygen atoms in total. The summed E-state index contributed by atoms with van der Waals surface area (Å²) in [6.07, 6.45) is 3.57. The Labute approximate surface area is 124 Å². The van der Waals surface area contributed by atoms with E-state index in [1.165, 1.54) is 23.1 Å². The van der Waals surface area contributed by atoms with Crippen LogP contribution in [0.4, 0.5) is 11.8 Å². The van der Waals surface area contributed by atoms with Crippen molar-refractivity contribution in [3.63, 3.8) is 0 Å². The number of piperidine rings is 1. The van der Waals surface area contributed by atoms with Crippen molar-refractivity contribution in [1.82, 2.24) is 9.97 Å². The predicted octanol–water partition coefficient (Wildman–Crippen LogP) is 3.53. The highest BCUT2D eigenvalue weighted by molar-refractivity contribution is 7.18. The van der Waals surface area contributed by atoms with Crippen LogP contribution in [0, 0.1) is 5.92 Å². The Kier molecular flexibility index (Phi) is 3.78. The number of nitrogens with zero attached hydrogens (tertiary/aromatic N) is 3. The van der Waals surface area contributed by atoms with Crippen molar-refractivity contribution in [3.8, 4) is 0 Å². The molecule has 0 amide bonds. The largest absolute Gasteiger partial charge is 0.357 e. The van der Waals surface area contributed by atoms with E-state index in [0.717, 1.165) is 42.0 Å². The molecule has 0 spiro atoms. The van der Waals surface area contributed by atoms with Crippen LogP contribution in [-0.2, 0) is 6.42 Å². The van der Waals surface area contributed by atoms with Crippen LogP contribution in [0.5, 0.6) is 0 Å². The molecule has 0 aromatic carbocycles. The van der Waals surface area contributed by atoms with Gasteiger partial charge in [0.15, 0.2) is 0 Å². The average molecular weight is 290 g/mol. The van der Waals surface area contributed by atoms with Crippen LogP contribution in [0.25, 0.3) is 10.2 Å². The molecule has 0 unspecified atom stereocenters. The van der Waals surface area contributed by atoms with E-state index in [-0.39, 0.29) is 0 Å². The molecule has 2 aromatic rings. The number of anilines is 2. The summed E-state index contributed by atoms with van der Waals surface area (Å²) in [5.41, 5.74) is 0. The molecule has 1 aliphatic rings. The van der Waals surface area contributed by atoms with Crippen LogP contribution < -0.4 is 10.2 Å². The van der Waals surface area contributed by atoms with Gasteiger partial charge in [-0.15, -0.1) is 11.3 Å². The lowest BCUT2D eigenvalue weighted by Crippen LogP contribution is -2.33. The number of thiophene rings is 1. The molecule has 20 heavy (non-hydrogen) atoms. The van der Waals surface area contributed by atoms with Gasteiger partial charge in [-0.3, -0.25) is 0 Å². The number of hydrogen-bond donors (Lipinski definition) is 1. The highest BCUT2D eigenvalue weighted by Gasteiger charge is 2.21. The Hall–Kier alpha value is -1.36. The van der Waals surface area contributed by atoms with Crippen LogP contribution in [0.3, 0.4) is 0 Å². The maximum Gasteiger partial charge on any atom is 0.225 e. The molecular weight excluding hydrogens is 268 g/mol. The van der Waals surface area contributed by atoms with Crippen LogP contribution >= 0.6 is 11.3 Å². The fourth-order valence-corrected chi connectivity index (χ4v) is 3.67. The Morgan fingerprint density at radius 3 is 2.75 bits per heavy atom. The average Bonchev–Trinajstić information content (AvgIpc) is 2.90. The fourth-order valence-electron chi connectivity index (χ4n) is 2.70. The second-order valence-corrected chi connectivity index (χ2v) is 6.69. The second-order valence-electron chi connectivity index (χ2n) is 5.58. The monoisotopic (exact) mass is 290 g/mol. The van der Waals surface area contributed by atoms with Gasteiger partial charge in [-0.25, -0.2) is 4.98 Å². The second kappa shape index (κ2) is 5.56. The zero-order valence-corrected chi connectivity index (χ0v) is 13.3. The number of nitrogens with one attached hydrogen (secondary N) is 1. The quantitative estimate of drug-likeness (QED) is 0.939. The van der Waals surface area contributed by atoms with E-state index in [0.29, 0.717) is 0 Å². The van der Waals surface area contributed by atoms with Gasteiger partial charge in [0.2, 0.25) is 5.95 Å². The molecule has 1 N–H and O–H groups in total. The van der Waals surface area contributed by atoms with Crippen molar-refractivity contribution in [2.75, 3.05) is 30.4 Å². The summed E-state index contributed by atoms with van der Waals surface area (Å²) in [6, 6.07) is 2.27. The summed E-state index contributed by atoms with van der Waals surface area (Å²) < 4.78 is 0. The van der Waals surface area contributed by atoms with Gasteiger partial charge in [-0.2, -0.15) is 4.98 Å². The maximum absolute atomic E-state index is 4.73. The van der Waals surface area contributed by atoms with Gasteiger partial charge >= 0.3 is 0 Å². The normalized spacial score (nSPS) is 16.9. The molecule has 2 aromatic heterocycles. The molecular formula is C15H22N4S. The summed E-state index contributed by atoms with van der Waals surface area (Å²) >= 11 is 1.79. The lowest BCUT2D eigenvalue weighted by atomic mass is 9.99. The molecule has 5 heteroatoms. The molecule has 0 atom stereocenters. The molecule has 0 aliphatic carbocycles. The van der Waals surface area contributed by atoms with Crippen molar-refractivity contribution in [1.29, 1.82) is 0 Å². The highest BCUT2D eigenvalue weighted by Crippen LogP contribution is 2.34. The standard InChI is InChI=1S/C15H22N4S/c1-4-11-9-12-13(19-7-5-10(2)6-8-19)17-15(16-3)18-14(12)20-11/h9-10H,4-8H2,1-3H3,(H,16,17,18). The minimum atomic E-state index is 0.732. The van der Waals surface area contributed by atoms with Crippen molar-refractivity contribution in [3.05, 3.63) is 10.9 Å². The smallest absolute Gasteiger partial charge is 0.225 e. The molecule has 0 radical (unpaired) electrons. The molecule has 1 saturated heterocycles. The van der Waals surface area contributed by atoms with Gasteiger partial charge in [0.1, 0.15) is 10.6 Å². The molecule has 0 saturated carbocycles. The minimum absolute atomic E-state index is 0.732. The summed E-state index contributed by atoms with van der Waals surface area (Å²) in [7, 11) is 1.89. The summed E-state index contributed by atoms with van der Waals surface area (Å²) in [5, 5.41) is 4.32. The SMILES string of the molecule is CCc1cc2c(N3CCC(C)CC3)nc(NC)nc2s1. The Morgan fingerprint density at radius 2 is 2.10 bits per heavy atom. The first-order chi connectivity index (χ1) is 9.71. The van der Waals surface area contributed by atoms with Crippen LogP contribution in [0.1, 0.15) is 31.6 Å². The van der Waals surface area contributed by atoms with E-state index in [9.17, 15) is 0 Å². The topological polar surface area (TPSA) is 41.1 Å². The number of fused-ring (bicyclic) bond motifs is 1. The fraction of sp³-hybridized carbons (Fsp3) is 0.600. The van der Waals surface area contributed by atoms with Crippen LogP contribution in [0.2, 0.25) is 0 Å². The van der Waals surface area contributed by atoms with Gasteiger partial charge in [0.05, 0.1) is 5.39 Å². The summed E-state index contributed by atoms with van der Waals surface area (Å²) in [4.78, 5) is 14.2. The van der Waals surface area contributed by atoms with E-state index >= 15 is 0 Å². The van der Waals surface area contributed by atoms with Gasteiger partial charge in [0.25, 0.3) is 0 Å². The number of hydrogen-bond acceptors (Lipinski definition) is 5. The zero-order chi connectivity index (χ0) is 14.1. The Morgan fingerprint density at radius 1 is 1.35 bits per heavy atom. The first-order valence-electron chi connectivity index (χ1n) is 7.44. The van der Waals surface area contributed by atoms with Gasteiger partial charge < -0.3 is 10.2 Å². The number of aryl methyl sites for hydroxylation is 1. The Balaban J connectivity index is 2.05. The molecule has 108 valence electrons. The summed E-state index contributed by atoms with van der Waals surface area (Å²) in [6.45, 7) is 6.74. The third-order valence-electron chi connectivity index (χ3n) is 4.08. The molecule has 3 rings (SSSR count). The third-order valence-corrected chi connectivity index (χ3v) is 5.25. The van der Waals surface area contributed by atoms with E-state index in [2.05, 4.69) is 35.1 Å². The highest BCUT2D eigenvalue weighted by atomic mass is 32.1. The maximum atomic E-state index is 4.73. The molecule has 3 heterocycles. The van der Waals surface area contributed by atoms with Crippen molar-refractivity contribution in [2.24, 2.45) is 5.92 Å². The van der Waals surface area contributed by atoms with E-state index in [4.69, 9.17) is 4.98 Å². The zero-order valence-electron chi connectivity index (χ0n) is 12.4. The lowest BCUT2D eigenvalue weighted by Gasteiger charge is -2.31. The van der Waals surface area contributed by atoms with E-state index in [1.807, 2.05) is 7.05 Å². The first kappa shape index (κ1) is 13.6. The lowest BCUT2D eigenvalue weighted by molar-refractivity contribution is 0.437. The van der Waals surface area contributed by atoms with Gasteiger partial charge in [0, 0.05) is 25.0 Å². The minimum Gasteiger partial charge on any atom is -0.357 e. The molecule has 0 bridgehead atoms. The molecule has 1 aliphatic heterocycles. The van der Waals surface area contributed by atoms with Gasteiger partial charge in [-0.1, -0.05) is 13.8 Å².